The van der Waals surface area contributed by atoms with Crippen LogP contribution in [0.4, 0.5) is 5.00 Å². The maximum atomic E-state index is 11.8. The zero-order chi connectivity index (χ0) is 17.5. The molecule has 1 fully saturated rings. The van der Waals surface area contributed by atoms with Crippen LogP contribution >= 0.6 is 22.9 Å². The molecule has 8 heteroatoms. The number of benzene rings is 1. The first-order chi connectivity index (χ1) is 12.2. The predicted octanol–water partition coefficient (Wildman–Crippen LogP) is 2.77. The van der Waals surface area contributed by atoms with Crippen LogP contribution in [-0.2, 0) is 9.53 Å². The van der Waals surface area contributed by atoms with Gasteiger partial charge in [0.05, 0.1) is 29.5 Å². The monoisotopic (exact) mass is 379 g/mol. The Morgan fingerprint density at radius 2 is 2.12 bits per heavy atom. The lowest BCUT2D eigenvalue weighted by molar-refractivity contribution is -0.123. The topological polar surface area (TPSA) is 63.2 Å². The molecule has 0 unspecified atom stereocenters. The molecule has 25 heavy (non-hydrogen) atoms. The summed E-state index contributed by atoms with van der Waals surface area (Å²) in [5.74, 6) is 0.123. The second-order valence-electron chi connectivity index (χ2n) is 5.29. The van der Waals surface area contributed by atoms with E-state index in [4.69, 9.17) is 21.1 Å². The minimum Gasteiger partial charge on any atom is -0.482 e. The van der Waals surface area contributed by atoms with Crippen molar-refractivity contribution < 1.29 is 14.3 Å². The van der Waals surface area contributed by atoms with Crippen LogP contribution in [-0.4, -0.2) is 45.0 Å². The molecule has 0 bridgehead atoms. The third kappa shape index (κ3) is 5.19. The van der Waals surface area contributed by atoms with Crippen molar-refractivity contribution in [2.24, 2.45) is 5.10 Å². The van der Waals surface area contributed by atoms with E-state index in [0.717, 1.165) is 31.2 Å². The summed E-state index contributed by atoms with van der Waals surface area (Å²) in [4.78, 5) is 15.0. The molecule has 1 aromatic heterocycles. The number of nitrogens with zero attached hydrogens (tertiary/aromatic N) is 2. The van der Waals surface area contributed by atoms with Crippen LogP contribution in [0.1, 0.15) is 4.88 Å². The van der Waals surface area contributed by atoms with Crippen molar-refractivity contribution in [2.45, 2.75) is 0 Å². The van der Waals surface area contributed by atoms with Gasteiger partial charge in [0, 0.05) is 18.0 Å². The lowest BCUT2D eigenvalue weighted by Crippen LogP contribution is -2.35. The molecule has 0 aliphatic carbocycles. The second-order valence-corrected chi connectivity index (χ2v) is 6.79. The van der Waals surface area contributed by atoms with Gasteiger partial charge in [-0.05, 0) is 24.3 Å². The fourth-order valence-electron chi connectivity index (χ4n) is 2.27. The number of thiophene rings is 1. The number of anilines is 1. The highest BCUT2D eigenvalue weighted by Gasteiger charge is 2.12. The smallest absolute Gasteiger partial charge is 0.277 e. The molecule has 1 saturated heterocycles. The summed E-state index contributed by atoms with van der Waals surface area (Å²) in [6.07, 6.45) is 1.63. The van der Waals surface area contributed by atoms with Crippen LogP contribution in [0, 0.1) is 0 Å². The van der Waals surface area contributed by atoms with Crippen LogP contribution in [0.15, 0.2) is 41.5 Å². The fraction of sp³-hybridized carbons (Fsp3) is 0.294. The van der Waals surface area contributed by atoms with Crippen LogP contribution in [0.3, 0.4) is 0 Å². The van der Waals surface area contributed by atoms with Crippen molar-refractivity contribution in [1.29, 1.82) is 0 Å². The van der Waals surface area contributed by atoms with Gasteiger partial charge in [0.2, 0.25) is 0 Å². The van der Waals surface area contributed by atoms with Gasteiger partial charge < -0.3 is 14.4 Å². The Balaban J connectivity index is 1.45. The third-order valence-corrected chi connectivity index (χ3v) is 4.90. The number of hydrazone groups is 1. The highest BCUT2D eigenvalue weighted by Crippen LogP contribution is 2.25. The van der Waals surface area contributed by atoms with Gasteiger partial charge in [0.25, 0.3) is 5.91 Å². The number of rotatable bonds is 6. The lowest BCUT2D eigenvalue weighted by atomic mass is 10.3. The number of ether oxygens (including phenoxy) is 2. The Hall–Kier alpha value is -2.09. The molecule has 0 atom stereocenters. The first-order valence-corrected chi connectivity index (χ1v) is 9.03. The van der Waals surface area contributed by atoms with Gasteiger partial charge in [-0.3, -0.25) is 4.79 Å². The summed E-state index contributed by atoms with van der Waals surface area (Å²) < 4.78 is 10.7. The molecule has 1 aliphatic heterocycles. The molecule has 0 saturated carbocycles. The van der Waals surface area contributed by atoms with E-state index < -0.39 is 0 Å². The largest absolute Gasteiger partial charge is 0.482 e. The molecule has 0 radical (unpaired) electrons. The summed E-state index contributed by atoms with van der Waals surface area (Å²) in [7, 11) is 0. The van der Waals surface area contributed by atoms with Crippen molar-refractivity contribution in [3.05, 3.63) is 46.3 Å². The van der Waals surface area contributed by atoms with Gasteiger partial charge >= 0.3 is 0 Å². The zero-order valence-corrected chi connectivity index (χ0v) is 15.1. The van der Waals surface area contributed by atoms with Gasteiger partial charge in [-0.2, -0.15) is 5.10 Å². The number of carbonyl (C=O) groups excluding carboxylic acids is 1. The zero-order valence-electron chi connectivity index (χ0n) is 13.5. The number of carbonyl (C=O) groups is 1. The number of nitrogens with one attached hydrogen (secondary N) is 1. The van der Waals surface area contributed by atoms with Gasteiger partial charge in [0.15, 0.2) is 6.61 Å². The molecule has 132 valence electrons. The first kappa shape index (κ1) is 17.7. The van der Waals surface area contributed by atoms with Crippen molar-refractivity contribution in [2.75, 3.05) is 37.8 Å². The van der Waals surface area contributed by atoms with Gasteiger partial charge in [0.1, 0.15) is 5.75 Å². The molecule has 2 heterocycles. The van der Waals surface area contributed by atoms with E-state index in [-0.39, 0.29) is 12.5 Å². The van der Waals surface area contributed by atoms with E-state index in [1.54, 1.807) is 41.8 Å². The van der Waals surface area contributed by atoms with Crippen LogP contribution in [0.2, 0.25) is 5.02 Å². The standard InChI is InChI=1S/C17H18ClN3O3S/c18-14-3-1-2-4-15(14)24-12-16(22)20-19-11-13-5-6-17(25-13)21-7-9-23-10-8-21/h1-6,11H,7-10,12H2,(H,20,22)/b19-11+. The maximum Gasteiger partial charge on any atom is 0.277 e. The average molecular weight is 380 g/mol. The van der Waals surface area contributed by atoms with Crippen LogP contribution in [0.25, 0.3) is 0 Å². The van der Waals surface area contributed by atoms with Crippen LogP contribution in [0.5, 0.6) is 5.75 Å². The number of amides is 1. The summed E-state index contributed by atoms with van der Waals surface area (Å²) in [6, 6.07) is 11.0. The van der Waals surface area contributed by atoms with Gasteiger partial charge in [-0.25, -0.2) is 5.43 Å². The Kier molecular flexibility index (Phi) is 6.27. The quantitative estimate of drug-likeness (QED) is 0.619. The lowest BCUT2D eigenvalue weighted by Gasteiger charge is -2.27. The van der Waals surface area contributed by atoms with Crippen molar-refractivity contribution in [3.63, 3.8) is 0 Å². The SMILES string of the molecule is O=C(COc1ccccc1Cl)N/N=C/c1ccc(N2CCOCC2)s1. The van der Waals surface area contributed by atoms with E-state index in [0.29, 0.717) is 10.8 Å². The number of halogens is 1. The molecule has 1 N–H and O–H groups in total. The number of hydrogen-bond donors (Lipinski definition) is 1. The molecule has 1 amide bonds. The molecule has 3 rings (SSSR count). The average Bonchev–Trinajstić information content (AvgIpc) is 3.11. The summed E-state index contributed by atoms with van der Waals surface area (Å²) in [5, 5.41) is 5.61. The molecule has 2 aromatic rings. The Labute approximate surface area is 155 Å². The summed E-state index contributed by atoms with van der Waals surface area (Å²) in [5.41, 5.74) is 2.45. The third-order valence-electron chi connectivity index (χ3n) is 3.51. The van der Waals surface area contributed by atoms with E-state index in [2.05, 4.69) is 21.5 Å². The van der Waals surface area contributed by atoms with E-state index in [1.807, 2.05) is 6.07 Å². The highest BCUT2D eigenvalue weighted by molar-refractivity contribution is 7.17. The Morgan fingerprint density at radius 3 is 2.92 bits per heavy atom. The van der Waals surface area contributed by atoms with Gasteiger partial charge in [-0.1, -0.05) is 23.7 Å². The first-order valence-electron chi connectivity index (χ1n) is 7.84. The fourth-order valence-corrected chi connectivity index (χ4v) is 3.39. The number of para-hydroxylation sites is 1. The number of morpholine rings is 1. The van der Waals surface area contributed by atoms with E-state index >= 15 is 0 Å². The highest BCUT2D eigenvalue weighted by atomic mass is 35.5. The van der Waals surface area contributed by atoms with Crippen LogP contribution < -0.4 is 15.1 Å². The molecule has 0 spiro atoms. The molecule has 6 nitrogen and oxygen atoms in total. The van der Waals surface area contributed by atoms with Crippen molar-refractivity contribution >= 4 is 40.1 Å². The predicted molar refractivity (Wildman–Crippen MR) is 100 cm³/mol. The van der Waals surface area contributed by atoms with E-state index in [9.17, 15) is 4.79 Å². The maximum absolute atomic E-state index is 11.8. The Bertz CT molecular complexity index is 744. The number of hydrogen-bond acceptors (Lipinski definition) is 6. The summed E-state index contributed by atoms with van der Waals surface area (Å²) >= 11 is 7.59. The van der Waals surface area contributed by atoms with E-state index in [1.165, 1.54) is 5.00 Å². The minimum atomic E-state index is -0.346. The van der Waals surface area contributed by atoms with Gasteiger partial charge in [-0.15, -0.1) is 11.3 Å². The second kappa shape index (κ2) is 8.84. The molecule has 1 aromatic carbocycles. The van der Waals surface area contributed by atoms with Crippen molar-refractivity contribution in [1.82, 2.24) is 5.43 Å². The van der Waals surface area contributed by atoms with Crippen molar-refractivity contribution in [3.8, 4) is 5.75 Å². The summed E-state index contributed by atoms with van der Waals surface area (Å²) in [6.45, 7) is 3.15. The minimum absolute atomic E-state index is 0.148. The Morgan fingerprint density at radius 1 is 1.32 bits per heavy atom. The molecule has 1 aliphatic rings. The normalized spacial score (nSPS) is 14.7. The molecular formula is C17H18ClN3O3S. The molecular weight excluding hydrogens is 362 g/mol.